The van der Waals surface area contributed by atoms with E-state index in [-0.39, 0.29) is 0 Å². The van der Waals surface area contributed by atoms with Crippen LogP contribution in [0.15, 0.2) is 15.2 Å². The average Bonchev–Trinajstić information content (AvgIpc) is 2.37. The molecule has 0 saturated heterocycles. The van der Waals surface area contributed by atoms with Crippen LogP contribution < -0.4 is 11.1 Å². The summed E-state index contributed by atoms with van der Waals surface area (Å²) in [7, 11) is 0. The Morgan fingerprint density at radius 2 is 2.36 bits per heavy atom. The molecule has 0 aliphatic heterocycles. The first-order valence-electron chi connectivity index (χ1n) is 3.50. The molecule has 0 saturated carbocycles. The molecule has 0 fully saturated rings. The molecule has 0 unspecified atom stereocenters. The van der Waals surface area contributed by atoms with E-state index in [1.165, 1.54) is 5.69 Å². The van der Waals surface area contributed by atoms with E-state index >= 15 is 0 Å². The van der Waals surface area contributed by atoms with Crippen LogP contribution in [0.1, 0.15) is 6.42 Å². The third-order valence-electron chi connectivity index (χ3n) is 1.31. The second kappa shape index (κ2) is 4.74. The maximum absolute atomic E-state index is 5.36. The lowest BCUT2D eigenvalue weighted by Gasteiger charge is -2.02. The van der Waals surface area contributed by atoms with E-state index in [4.69, 9.17) is 5.73 Å². The molecular weight excluding hydrogens is 224 g/mol. The zero-order valence-corrected chi connectivity index (χ0v) is 8.54. The number of anilines is 1. The monoisotopic (exact) mass is 234 g/mol. The third kappa shape index (κ3) is 2.81. The van der Waals surface area contributed by atoms with E-state index in [1.54, 1.807) is 11.3 Å². The Morgan fingerprint density at radius 3 is 2.91 bits per heavy atom. The lowest BCUT2D eigenvalue weighted by Crippen LogP contribution is -2.07. The van der Waals surface area contributed by atoms with Crippen molar-refractivity contribution in [1.82, 2.24) is 0 Å². The van der Waals surface area contributed by atoms with Crippen LogP contribution in [0.5, 0.6) is 0 Å². The Hall–Kier alpha value is -0.0600. The van der Waals surface area contributed by atoms with Crippen LogP contribution in [0, 0.1) is 0 Å². The molecular formula is C7H11BrN2S. The molecule has 1 aromatic heterocycles. The van der Waals surface area contributed by atoms with Gasteiger partial charge in [0.15, 0.2) is 0 Å². The first kappa shape index (κ1) is 9.03. The molecule has 1 heterocycles. The number of thiophene rings is 1. The van der Waals surface area contributed by atoms with Gasteiger partial charge in [0.25, 0.3) is 0 Å². The molecule has 2 nitrogen and oxygen atoms in total. The molecule has 0 amide bonds. The van der Waals surface area contributed by atoms with Crippen molar-refractivity contribution in [1.29, 1.82) is 0 Å². The Balaban J connectivity index is 2.32. The van der Waals surface area contributed by atoms with Crippen molar-refractivity contribution in [2.75, 3.05) is 18.4 Å². The third-order valence-corrected chi connectivity index (χ3v) is 3.01. The first-order valence-corrected chi connectivity index (χ1v) is 5.24. The number of rotatable bonds is 4. The normalized spacial score (nSPS) is 10.0. The zero-order valence-electron chi connectivity index (χ0n) is 6.14. The van der Waals surface area contributed by atoms with Gasteiger partial charge < -0.3 is 11.1 Å². The zero-order chi connectivity index (χ0) is 8.10. The van der Waals surface area contributed by atoms with Gasteiger partial charge in [0.2, 0.25) is 0 Å². The number of nitrogens with two attached hydrogens (primary N) is 1. The fraction of sp³-hybridized carbons (Fsp3) is 0.429. The van der Waals surface area contributed by atoms with Gasteiger partial charge in [0.1, 0.15) is 0 Å². The maximum atomic E-state index is 5.36. The van der Waals surface area contributed by atoms with Crippen molar-refractivity contribution in [3.8, 4) is 0 Å². The van der Waals surface area contributed by atoms with Gasteiger partial charge in [-0.05, 0) is 28.9 Å². The molecule has 0 aliphatic carbocycles. The van der Waals surface area contributed by atoms with Crippen LogP contribution in [-0.2, 0) is 0 Å². The fourth-order valence-electron chi connectivity index (χ4n) is 0.733. The highest BCUT2D eigenvalue weighted by molar-refractivity contribution is 9.10. The number of hydrogen-bond donors (Lipinski definition) is 2. The first-order chi connectivity index (χ1) is 5.34. The van der Waals surface area contributed by atoms with E-state index in [1.807, 2.05) is 0 Å². The molecule has 4 heteroatoms. The summed E-state index contributed by atoms with van der Waals surface area (Å²) in [4.78, 5) is 0. The highest BCUT2D eigenvalue weighted by Gasteiger charge is 1.97. The van der Waals surface area contributed by atoms with E-state index in [0.29, 0.717) is 0 Å². The van der Waals surface area contributed by atoms with Crippen molar-refractivity contribution in [3.63, 3.8) is 0 Å². The van der Waals surface area contributed by atoms with Gasteiger partial charge >= 0.3 is 0 Å². The summed E-state index contributed by atoms with van der Waals surface area (Å²) in [5, 5.41) is 7.42. The van der Waals surface area contributed by atoms with E-state index < -0.39 is 0 Å². The van der Waals surface area contributed by atoms with Crippen LogP contribution in [0.25, 0.3) is 0 Å². The molecule has 3 N–H and O–H groups in total. The summed E-state index contributed by atoms with van der Waals surface area (Å²) in [5.41, 5.74) is 6.53. The molecule has 11 heavy (non-hydrogen) atoms. The predicted molar refractivity (Wildman–Crippen MR) is 54.2 cm³/mol. The molecule has 0 bridgehead atoms. The van der Waals surface area contributed by atoms with Crippen molar-refractivity contribution >= 4 is 33.0 Å². The Bertz CT molecular complexity index is 212. The van der Waals surface area contributed by atoms with E-state index in [2.05, 4.69) is 32.0 Å². The van der Waals surface area contributed by atoms with Crippen LogP contribution >= 0.6 is 27.3 Å². The van der Waals surface area contributed by atoms with Crippen molar-refractivity contribution in [2.24, 2.45) is 5.73 Å². The van der Waals surface area contributed by atoms with Gasteiger partial charge in [-0.3, -0.25) is 0 Å². The highest BCUT2D eigenvalue weighted by atomic mass is 79.9. The van der Waals surface area contributed by atoms with E-state index in [0.717, 1.165) is 24.0 Å². The van der Waals surface area contributed by atoms with Gasteiger partial charge in [-0.15, -0.1) is 11.3 Å². The SMILES string of the molecule is NCCCNc1cscc1Br. The van der Waals surface area contributed by atoms with Gasteiger partial charge in [0, 0.05) is 17.3 Å². The average molecular weight is 235 g/mol. The van der Waals surface area contributed by atoms with Gasteiger partial charge in [-0.25, -0.2) is 0 Å². The van der Waals surface area contributed by atoms with E-state index in [9.17, 15) is 0 Å². The largest absolute Gasteiger partial charge is 0.383 e. The second-order valence-corrected chi connectivity index (χ2v) is 3.80. The van der Waals surface area contributed by atoms with Crippen LogP contribution in [-0.4, -0.2) is 13.1 Å². The number of halogens is 1. The van der Waals surface area contributed by atoms with Gasteiger partial charge in [-0.1, -0.05) is 0 Å². The van der Waals surface area contributed by atoms with Crippen LogP contribution in [0.4, 0.5) is 5.69 Å². The van der Waals surface area contributed by atoms with Crippen LogP contribution in [0.3, 0.4) is 0 Å². The van der Waals surface area contributed by atoms with Gasteiger partial charge in [0.05, 0.1) is 10.2 Å². The highest BCUT2D eigenvalue weighted by Crippen LogP contribution is 2.26. The summed E-state index contributed by atoms with van der Waals surface area (Å²) in [6.07, 6.45) is 1.02. The molecule has 0 atom stereocenters. The number of nitrogens with one attached hydrogen (secondary N) is 1. The molecule has 62 valence electrons. The Morgan fingerprint density at radius 1 is 1.55 bits per heavy atom. The fourth-order valence-corrected chi connectivity index (χ4v) is 2.12. The molecule has 0 spiro atoms. The Kier molecular flexibility index (Phi) is 3.90. The summed E-state index contributed by atoms with van der Waals surface area (Å²) in [6.45, 7) is 1.70. The van der Waals surface area contributed by atoms with Gasteiger partial charge in [-0.2, -0.15) is 0 Å². The van der Waals surface area contributed by atoms with Crippen molar-refractivity contribution < 1.29 is 0 Å². The summed E-state index contributed by atoms with van der Waals surface area (Å²) < 4.78 is 1.14. The van der Waals surface area contributed by atoms with Crippen molar-refractivity contribution in [3.05, 3.63) is 15.2 Å². The summed E-state index contributed by atoms with van der Waals surface area (Å²) in [6, 6.07) is 0. The lowest BCUT2D eigenvalue weighted by atomic mass is 10.4. The molecule has 0 radical (unpaired) electrons. The molecule has 1 aromatic rings. The Labute approximate surface area is 78.9 Å². The smallest absolute Gasteiger partial charge is 0.0593 e. The topological polar surface area (TPSA) is 38.0 Å². The van der Waals surface area contributed by atoms with Crippen LogP contribution in [0.2, 0.25) is 0 Å². The minimum atomic E-state index is 0.745. The second-order valence-electron chi connectivity index (χ2n) is 2.20. The number of hydrogen-bond acceptors (Lipinski definition) is 3. The maximum Gasteiger partial charge on any atom is 0.0593 e. The quantitative estimate of drug-likeness (QED) is 0.785. The minimum absolute atomic E-state index is 0.745. The molecule has 0 aromatic carbocycles. The predicted octanol–water partition coefficient (Wildman–Crippen LogP) is 2.27. The lowest BCUT2D eigenvalue weighted by molar-refractivity contribution is 0.874. The molecule has 1 rings (SSSR count). The molecule has 0 aliphatic rings. The summed E-state index contributed by atoms with van der Waals surface area (Å²) >= 11 is 5.12. The standard InChI is InChI=1S/C7H11BrN2S/c8-6-4-11-5-7(6)10-3-1-2-9/h4-5,10H,1-3,9H2. The summed E-state index contributed by atoms with van der Waals surface area (Å²) in [5.74, 6) is 0. The van der Waals surface area contributed by atoms with Crippen molar-refractivity contribution in [2.45, 2.75) is 6.42 Å². The minimum Gasteiger partial charge on any atom is -0.383 e.